The van der Waals surface area contributed by atoms with E-state index < -0.39 is 0 Å². The van der Waals surface area contributed by atoms with Crippen LogP contribution in [0.25, 0.3) is 6.08 Å². The fourth-order valence-electron chi connectivity index (χ4n) is 3.90. The lowest BCUT2D eigenvalue weighted by molar-refractivity contribution is -0.130. The first-order chi connectivity index (χ1) is 15.8. The first-order valence-electron chi connectivity index (χ1n) is 11.3. The molecule has 0 fully saturated rings. The number of aromatic nitrogens is 1. The Labute approximate surface area is 195 Å². The lowest BCUT2D eigenvalue weighted by Gasteiger charge is -2.37. The maximum Gasteiger partial charge on any atom is 0.259 e. The first kappa shape index (κ1) is 24.5. The zero-order valence-electron chi connectivity index (χ0n) is 19.8. The van der Waals surface area contributed by atoms with Gasteiger partial charge in [-0.05, 0) is 31.0 Å². The van der Waals surface area contributed by atoms with Crippen molar-refractivity contribution in [2.24, 2.45) is 5.92 Å². The number of carbonyl (C=O) groups is 2. The van der Waals surface area contributed by atoms with Gasteiger partial charge in [-0.15, -0.1) is 0 Å². The van der Waals surface area contributed by atoms with Crippen molar-refractivity contribution in [3.05, 3.63) is 65.4 Å². The number of ether oxygens (including phenoxy) is 1. The summed E-state index contributed by atoms with van der Waals surface area (Å²) in [5.74, 6) is -0.0551. The number of pyridine rings is 1. The second-order valence-electron chi connectivity index (χ2n) is 8.68. The number of hydrogen-bond acceptors (Lipinski definition) is 5. The second-order valence-corrected chi connectivity index (χ2v) is 8.68. The molecular formula is C26H33N3O4. The monoisotopic (exact) mass is 451 g/mol. The van der Waals surface area contributed by atoms with Gasteiger partial charge in [0.2, 0.25) is 11.8 Å². The third-order valence-corrected chi connectivity index (χ3v) is 5.98. The van der Waals surface area contributed by atoms with E-state index in [1.54, 1.807) is 29.1 Å². The van der Waals surface area contributed by atoms with Crippen molar-refractivity contribution in [1.82, 2.24) is 14.8 Å². The van der Waals surface area contributed by atoms with Crippen molar-refractivity contribution in [1.29, 1.82) is 0 Å². The Kier molecular flexibility index (Phi) is 8.22. The molecular weight excluding hydrogens is 418 g/mol. The molecule has 2 heterocycles. The van der Waals surface area contributed by atoms with E-state index in [-0.39, 0.29) is 42.4 Å². The Balaban J connectivity index is 1.87. The fourth-order valence-corrected chi connectivity index (χ4v) is 3.90. The third kappa shape index (κ3) is 5.99. The normalized spacial score (nSPS) is 19.4. The highest BCUT2D eigenvalue weighted by Gasteiger charge is 2.34. The van der Waals surface area contributed by atoms with Gasteiger partial charge in [0.1, 0.15) is 11.7 Å². The van der Waals surface area contributed by atoms with E-state index in [1.165, 1.54) is 0 Å². The summed E-state index contributed by atoms with van der Waals surface area (Å²) in [7, 11) is 1.77. The average Bonchev–Trinajstić information content (AvgIpc) is 2.82. The maximum absolute atomic E-state index is 13.3. The van der Waals surface area contributed by atoms with Crippen LogP contribution in [0.4, 0.5) is 0 Å². The van der Waals surface area contributed by atoms with E-state index in [0.29, 0.717) is 25.1 Å². The quantitative estimate of drug-likeness (QED) is 0.700. The number of fused-ring (bicyclic) bond motifs is 1. The standard InChI is InChI=1S/C26H33N3O4/c1-5-9-21-12-22-25(27-14-21)33-23(18(2)15-29(26(22)32)19(3)17-30)16-28(4)24(31)13-20-10-7-6-8-11-20/h5-12,14,18-19,23,30H,13,15-17H2,1-4H3/b9-5+/t18-,19-,23-/m0/s1. The summed E-state index contributed by atoms with van der Waals surface area (Å²) in [4.78, 5) is 33.9. The molecule has 0 spiro atoms. The SMILES string of the molecule is C/C=C/c1cnc2c(c1)C(=O)N([C@@H](C)CO)C[C@H](C)[C@H](CN(C)C(=O)Cc1ccccc1)O2. The number of allylic oxidation sites excluding steroid dienone is 1. The maximum atomic E-state index is 13.3. The van der Waals surface area contributed by atoms with Gasteiger partial charge in [-0.1, -0.05) is 49.4 Å². The Morgan fingerprint density at radius 3 is 2.76 bits per heavy atom. The van der Waals surface area contributed by atoms with Crippen LogP contribution in [0.3, 0.4) is 0 Å². The highest BCUT2D eigenvalue weighted by molar-refractivity contribution is 5.97. The highest BCUT2D eigenvalue weighted by atomic mass is 16.5. The van der Waals surface area contributed by atoms with Crippen LogP contribution in [-0.2, 0) is 11.2 Å². The number of amides is 2. The van der Waals surface area contributed by atoms with Crippen LogP contribution in [0.1, 0.15) is 42.3 Å². The molecule has 7 heteroatoms. The molecule has 2 aromatic rings. The van der Waals surface area contributed by atoms with Gasteiger partial charge in [-0.2, -0.15) is 0 Å². The molecule has 0 bridgehead atoms. The molecule has 3 atom stereocenters. The number of hydrogen-bond donors (Lipinski definition) is 1. The van der Waals surface area contributed by atoms with E-state index >= 15 is 0 Å². The molecule has 33 heavy (non-hydrogen) atoms. The molecule has 0 saturated carbocycles. The minimum absolute atomic E-state index is 0.00710. The summed E-state index contributed by atoms with van der Waals surface area (Å²) in [5, 5.41) is 9.76. The van der Waals surface area contributed by atoms with E-state index in [4.69, 9.17) is 4.74 Å². The number of benzene rings is 1. The van der Waals surface area contributed by atoms with Gasteiger partial charge in [0.05, 0.1) is 25.6 Å². The predicted octanol–water partition coefficient (Wildman–Crippen LogP) is 3.04. The van der Waals surface area contributed by atoms with Crippen molar-refractivity contribution in [2.75, 3.05) is 26.7 Å². The number of likely N-dealkylation sites (N-methyl/N-ethyl adjacent to an activating group) is 1. The molecule has 1 aliphatic heterocycles. The summed E-state index contributed by atoms with van der Waals surface area (Å²) >= 11 is 0. The highest BCUT2D eigenvalue weighted by Crippen LogP contribution is 2.27. The number of nitrogens with zero attached hydrogens (tertiary/aromatic N) is 3. The largest absolute Gasteiger partial charge is 0.472 e. The molecule has 1 aromatic heterocycles. The average molecular weight is 452 g/mol. The predicted molar refractivity (Wildman–Crippen MR) is 128 cm³/mol. The minimum atomic E-state index is -0.366. The van der Waals surface area contributed by atoms with Gasteiger partial charge in [0, 0.05) is 25.7 Å². The number of rotatable bonds is 7. The van der Waals surface area contributed by atoms with Gasteiger partial charge in [-0.3, -0.25) is 9.59 Å². The molecule has 1 aromatic carbocycles. The zero-order valence-corrected chi connectivity index (χ0v) is 19.8. The van der Waals surface area contributed by atoms with Crippen LogP contribution >= 0.6 is 0 Å². The Morgan fingerprint density at radius 2 is 2.09 bits per heavy atom. The van der Waals surface area contributed by atoms with Crippen molar-refractivity contribution in [2.45, 2.75) is 39.3 Å². The van der Waals surface area contributed by atoms with E-state index in [1.807, 2.05) is 63.3 Å². The van der Waals surface area contributed by atoms with E-state index in [9.17, 15) is 14.7 Å². The number of carbonyl (C=O) groups excluding carboxylic acids is 2. The summed E-state index contributed by atoms with van der Waals surface area (Å²) in [6.45, 7) is 6.33. The topological polar surface area (TPSA) is 83.0 Å². The van der Waals surface area contributed by atoms with Gasteiger partial charge in [-0.25, -0.2) is 4.98 Å². The molecule has 3 rings (SSSR count). The van der Waals surface area contributed by atoms with Crippen LogP contribution in [0.15, 0.2) is 48.7 Å². The van der Waals surface area contributed by atoms with Gasteiger partial charge in [0.25, 0.3) is 5.91 Å². The van der Waals surface area contributed by atoms with Crippen molar-refractivity contribution >= 4 is 17.9 Å². The molecule has 0 aliphatic carbocycles. The Hall–Kier alpha value is -3.19. The van der Waals surface area contributed by atoms with Gasteiger partial charge >= 0.3 is 0 Å². The molecule has 0 unspecified atom stereocenters. The lowest BCUT2D eigenvalue weighted by Crippen LogP contribution is -2.50. The van der Waals surface area contributed by atoms with Crippen molar-refractivity contribution in [3.8, 4) is 5.88 Å². The second kappa shape index (κ2) is 11.1. The summed E-state index contributed by atoms with van der Waals surface area (Å²) < 4.78 is 6.25. The molecule has 2 amide bonds. The van der Waals surface area contributed by atoms with Gasteiger partial charge in [0.15, 0.2) is 0 Å². The molecule has 1 N–H and O–H groups in total. The van der Waals surface area contributed by atoms with Crippen molar-refractivity contribution in [3.63, 3.8) is 0 Å². The molecule has 7 nitrogen and oxygen atoms in total. The smallest absolute Gasteiger partial charge is 0.259 e. The summed E-state index contributed by atoms with van der Waals surface area (Å²) in [6, 6.07) is 11.0. The zero-order chi connectivity index (χ0) is 24.0. The number of aliphatic hydroxyl groups excluding tert-OH is 1. The van der Waals surface area contributed by atoms with Crippen molar-refractivity contribution < 1.29 is 19.4 Å². The van der Waals surface area contributed by atoms with Crippen LogP contribution < -0.4 is 4.74 Å². The van der Waals surface area contributed by atoms with E-state index in [2.05, 4.69) is 4.98 Å². The third-order valence-electron chi connectivity index (χ3n) is 5.98. The Morgan fingerprint density at radius 1 is 1.36 bits per heavy atom. The van der Waals surface area contributed by atoms with E-state index in [0.717, 1.165) is 11.1 Å². The summed E-state index contributed by atoms with van der Waals surface area (Å²) in [6.07, 6.45) is 5.36. The first-order valence-corrected chi connectivity index (χ1v) is 11.3. The van der Waals surface area contributed by atoms with Crippen LogP contribution in [0.2, 0.25) is 0 Å². The van der Waals surface area contributed by atoms with Gasteiger partial charge < -0.3 is 19.6 Å². The lowest BCUT2D eigenvalue weighted by atomic mass is 9.99. The molecule has 0 radical (unpaired) electrons. The minimum Gasteiger partial charge on any atom is -0.472 e. The van der Waals surface area contributed by atoms with Crippen LogP contribution in [0, 0.1) is 5.92 Å². The summed E-state index contributed by atoms with van der Waals surface area (Å²) in [5.41, 5.74) is 2.12. The molecule has 1 aliphatic rings. The molecule has 0 saturated heterocycles. The Bertz CT molecular complexity index is 992. The number of aliphatic hydroxyl groups is 1. The fraction of sp³-hybridized carbons (Fsp3) is 0.423. The van der Waals surface area contributed by atoms with Crippen LogP contribution in [-0.4, -0.2) is 70.6 Å². The van der Waals surface area contributed by atoms with Crippen LogP contribution in [0.5, 0.6) is 5.88 Å². The molecule has 176 valence electrons.